The fourth-order valence-electron chi connectivity index (χ4n) is 4.24. The maximum atomic E-state index is 2.35. The van der Waals surface area contributed by atoms with Crippen LogP contribution in [-0.2, 0) is 0 Å². The van der Waals surface area contributed by atoms with Gasteiger partial charge in [0.1, 0.15) is 0 Å². The average Bonchev–Trinajstić information content (AvgIpc) is 2.88. The van der Waals surface area contributed by atoms with Crippen molar-refractivity contribution in [2.24, 2.45) is 0 Å². The number of thioether (sulfide) groups is 2. The Hall–Kier alpha value is -3.20. The first-order valence-corrected chi connectivity index (χ1v) is 12.9. The van der Waals surface area contributed by atoms with Crippen molar-refractivity contribution in [3.05, 3.63) is 133 Å². The largest absolute Gasteiger partial charge is 0.106 e. The molecule has 0 aliphatic rings. The summed E-state index contributed by atoms with van der Waals surface area (Å²) in [6, 6.07) is 46.3. The van der Waals surface area contributed by atoms with E-state index in [0.29, 0.717) is 0 Å². The summed E-state index contributed by atoms with van der Waals surface area (Å²) in [5.74, 6) is 0. The van der Waals surface area contributed by atoms with E-state index >= 15 is 0 Å². The van der Waals surface area contributed by atoms with Crippen LogP contribution < -0.4 is 0 Å². The Morgan fingerprint density at radius 2 is 0.758 bits per heavy atom. The molecule has 0 fully saturated rings. The van der Waals surface area contributed by atoms with E-state index in [4.69, 9.17) is 0 Å². The molecule has 0 heterocycles. The third kappa shape index (κ3) is 4.37. The van der Waals surface area contributed by atoms with Crippen LogP contribution >= 0.6 is 23.5 Å². The minimum atomic E-state index is 0.247. The molecule has 0 aromatic heterocycles. The zero-order valence-corrected chi connectivity index (χ0v) is 19.7. The van der Waals surface area contributed by atoms with Gasteiger partial charge in [-0.15, -0.1) is 23.5 Å². The molecule has 0 amide bonds. The lowest BCUT2D eigenvalue weighted by atomic mass is 10.1. The van der Waals surface area contributed by atoms with Crippen molar-refractivity contribution in [3.8, 4) is 0 Å². The van der Waals surface area contributed by atoms with E-state index < -0.39 is 0 Å². The van der Waals surface area contributed by atoms with Crippen molar-refractivity contribution in [3.63, 3.8) is 0 Å². The molecule has 0 nitrogen and oxygen atoms in total. The van der Waals surface area contributed by atoms with Crippen LogP contribution in [0.4, 0.5) is 0 Å². The molecule has 2 heteroatoms. The number of hydrogen-bond donors (Lipinski definition) is 0. The van der Waals surface area contributed by atoms with Crippen molar-refractivity contribution in [2.75, 3.05) is 0 Å². The molecule has 0 N–H and O–H groups in total. The number of fused-ring (bicyclic) bond motifs is 3. The first kappa shape index (κ1) is 20.4. The second kappa shape index (κ2) is 8.97. The van der Waals surface area contributed by atoms with E-state index in [1.54, 1.807) is 0 Å². The lowest BCUT2D eigenvalue weighted by Crippen LogP contribution is -1.91. The molecule has 6 aromatic carbocycles. The van der Waals surface area contributed by atoms with E-state index in [2.05, 4.69) is 127 Å². The molecule has 0 radical (unpaired) electrons. The highest BCUT2D eigenvalue weighted by molar-refractivity contribution is 8.16. The van der Waals surface area contributed by atoms with Crippen molar-refractivity contribution in [1.82, 2.24) is 0 Å². The normalized spacial score (nSPS) is 11.5. The van der Waals surface area contributed by atoms with Gasteiger partial charge in [-0.3, -0.25) is 0 Å². The Labute approximate surface area is 202 Å². The van der Waals surface area contributed by atoms with Crippen LogP contribution in [0.25, 0.3) is 32.3 Å². The zero-order valence-electron chi connectivity index (χ0n) is 18.0. The lowest BCUT2D eigenvalue weighted by Gasteiger charge is -2.18. The standard InChI is InChI=1S/C31H22S2/c1-4-10-25-19-28(14-13-22(25)7-1)31(32-29-17-15-23-8-2-5-11-26(23)20-29)33-30-18-16-24-9-3-6-12-27(24)21-30/h1-21,31H. The summed E-state index contributed by atoms with van der Waals surface area (Å²) in [5, 5.41) is 7.72. The van der Waals surface area contributed by atoms with Gasteiger partial charge in [0.25, 0.3) is 0 Å². The summed E-state index contributed by atoms with van der Waals surface area (Å²) < 4.78 is 0.247. The van der Waals surface area contributed by atoms with Gasteiger partial charge in [0.05, 0.1) is 4.58 Å². The van der Waals surface area contributed by atoms with Crippen LogP contribution in [0.3, 0.4) is 0 Å². The minimum absolute atomic E-state index is 0.247. The Bertz CT molecular complexity index is 1500. The van der Waals surface area contributed by atoms with Crippen molar-refractivity contribution in [1.29, 1.82) is 0 Å². The highest BCUT2D eigenvalue weighted by Gasteiger charge is 2.16. The zero-order chi connectivity index (χ0) is 22.0. The van der Waals surface area contributed by atoms with Gasteiger partial charge in [0.15, 0.2) is 0 Å². The van der Waals surface area contributed by atoms with Gasteiger partial charge in [-0.1, -0.05) is 97.1 Å². The third-order valence-electron chi connectivity index (χ3n) is 5.97. The van der Waals surface area contributed by atoms with Crippen molar-refractivity contribution < 1.29 is 0 Å². The van der Waals surface area contributed by atoms with Crippen molar-refractivity contribution >= 4 is 55.8 Å². The summed E-state index contributed by atoms with van der Waals surface area (Å²) in [6.07, 6.45) is 0. The molecule has 0 spiro atoms. The molecule has 6 rings (SSSR count). The van der Waals surface area contributed by atoms with Gasteiger partial charge in [-0.2, -0.15) is 0 Å². The number of rotatable bonds is 5. The predicted octanol–water partition coefficient (Wildman–Crippen LogP) is 9.73. The minimum Gasteiger partial charge on any atom is -0.106 e. The Kier molecular flexibility index (Phi) is 5.55. The first-order chi connectivity index (χ1) is 16.3. The molecule has 158 valence electrons. The highest BCUT2D eigenvalue weighted by Crippen LogP contribution is 2.48. The smallest absolute Gasteiger partial charge is 0.0845 e. The van der Waals surface area contributed by atoms with E-state index in [1.165, 1.54) is 47.7 Å². The van der Waals surface area contributed by atoms with Gasteiger partial charge < -0.3 is 0 Å². The van der Waals surface area contributed by atoms with E-state index in [1.807, 2.05) is 23.5 Å². The molecule has 0 atom stereocenters. The Morgan fingerprint density at radius 1 is 0.364 bits per heavy atom. The van der Waals surface area contributed by atoms with Crippen LogP contribution in [0, 0.1) is 0 Å². The average molecular weight is 459 g/mol. The summed E-state index contributed by atoms with van der Waals surface area (Å²) >= 11 is 3.86. The molecule has 0 bridgehead atoms. The molecule has 33 heavy (non-hydrogen) atoms. The van der Waals surface area contributed by atoms with Crippen LogP contribution in [0.1, 0.15) is 10.1 Å². The molecule has 0 aliphatic heterocycles. The third-order valence-corrected chi connectivity index (χ3v) is 8.58. The fraction of sp³-hybridized carbons (Fsp3) is 0.0323. The predicted molar refractivity (Wildman–Crippen MR) is 146 cm³/mol. The summed E-state index contributed by atoms with van der Waals surface area (Å²) in [7, 11) is 0. The van der Waals surface area contributed by atoms with Crippen LogP contribution in [0.15, 0.2) is 137 Å². The first-order valence-electron chi connectivity index (χ1n) is 11.1. The van der Waals surface area contributed by atoms with Crippen LogP contribution in [-0.4, -0.2) is 0 Å². The Balaban J connectivity index is 1.40. The van der Waals surface area contributed by atoms with Crippen LogP contribution in [0.5, 0.6) is 0 Å². The molecule has 0 unspecified atom stereocenters. The maximum absolute atomic E-state index is 2.35. The fourth-order valence-corrected chi connectivity index (χ4v) is 6.85. The summed E-state index contributed by atoms with van der Waals surface area (Å²) in [6.45, 7) is 0. The topological polar surface area (TPSA) is 0 Å². The maximum Gasteiger partial charge on any atom is 0.0845 e. The Morgan fingerprint density at radius 3 is 1.24 bits per heavy atom. The molecule has 0 aliphatic carbocycles. The van der Waals surface area contributed by atoms with E-state index in [-0.39, 0.29) is 4.58 Å². The highest BCUT2D eigenvalue weighted by atomic mass is 32.2. The molecular weight excluding hydrogens is 436 g/mol. The summed E-state index contributed by atoms with van der Waals surface area (Å²) in [4.78, 5) is 2.58. The van der Waals surface area contributed by atoms with Crippen molar-refractivity contribution in [2.45, 2.75) is 14.4 Å². The molecule has 0 saturated heterocycles. The summed E-state index contributed by atoms with van der Waals surface area (Å²) in [5.41, 5.74) is 1.34. The number of benzene rings is 6. The van der Waals surface area contributed by atoms with E-state index in [9.17, 15) is 0 Å². The van der Waals surface area contributed by atoms with Gasteiger partial charge in [0, 0.05) is 9.79 Å². The molecule has 6 aromatic rings. The van der Waals surface area contributed by atoms with Gasteiger partial charge >= 0.3 is 0 Å². The molecular formula is C31H22S2. The SMILES string of the molecule is c1ccc2cc(SC(Sc3ccc4ccccc4c3)c3ccc4ccccc4c3)ccc2c1. The molecule has 0 saturated carbocycles. The lowest BCUT2D eigenvalue weighted by molar-refractivity contribution is 1.35. The quantitative estimate of drug-likeness (QED) is 0.186. The monoisotopic (exact) mass is 458 g/mol. The second-order valence-corrected chi connectivity index (χ2v) is 10.8. The van der Waals surface area contributed by atoms with Crippen LogP contribution in [0.2, 0.25) is 0 Å². The van der Waals surface area contributed by atoms with Gasteiger partial charge in [-0.25, -0.2) is 0 Å². The van der Waals surface area contributed by atoms with E-state index in [0.717, 1.165) is 0 Å². The number of hydrogen-bond acceptors (Lipinski definition) is 2. The van der Waals surface area contributed by atoms with Gasteiger partial charge in [0.2, 0.25) is 0 Å². The second-order valence-electron chi connectivity index (χ2n) is 8.19. The van der Waals surface area contributed by atoms with Gasteiger partial charge in [-0.05, 0) is 68.2 Å².